The second kappa shape index (κ2) is 8.61. The Labute approximate surface area is 154 Å². The van der Waals surface area contributed by atoms with Crippen LogP contribution in [0.1, 0.15) is 36.0 Å². The first-order valence-corrected chi connectivity index (χ1v) is 9.12. The lowest BCUT2D eigenvalue weighted by Crippen LogP contribution is -2.37. The van der Waals surface area contributed by atoms with Gasteiger partial charge in [-0.2, -0.15) is 0 Å². The number of hydrogen-bond donors (Lipinski definition) is 1. The van der Waals surface area contributed by atoms with E-state index in [1.807, 2.05) is 42.3 Å². The summed E-state index contributed by atoms with van der Waals surface area (Å²) in [4.78, 5) is 30.4. The van der Waals surface area contributed by atoms with E-state index in [0.29, 0.717) is 25.9 Å². The smallest absolute Gasteiger partial charge is 0.223 e. The van der Waals surface area contributed by atoms with E-state index in [1.54, 1.807) is 6.20 Å². The molecule has 1 N–H and O–H groups in total. The average Bonchev–Trinajstić information content (AvgIpc) is 2.98. The summed E-state index contributed by atoms with van der Waals surface area (Å²) in [6.45, 7) is 3.21. The summed E-state index contributed by atoms with van der Waals surface area (Å²) < 4.78 is 0. The van der Waals surface area contributed by atoms with Gasteiger partial charge in [0, 0.05) is 44.4 Å². The molecule has 2 amide bonds. The maximum absolute atomic E-state index is 12.3. The molecule has 1 saturated heterocycles. The Hall–Kier alpha value is -2.69. The van der Waals surface area contributed by atoms with Crippen molar-refractivity contribution in [3.63, 3.8) is 0 Å². The van der Waals surface area contributed by atoms with Crippen LogP contribution in [0.3, 0.4) is 0 Å². The molecule has 1 fully saturated rings. The van der Waals surface area contributed by atoms with Crippen molar-refractivity contribution < 1.29 is 9.59 Å². The standard InChI is InChI=1S/C21H25N3O2/c1-16-4-6-18(7-5-16)15-24-19(8-9-21(24)26)13-20(25)23-12-10-17-3-2-11-22-14-17/h2-7,11,14,19H,8-10,12-13,15H2,1H3,(H,23,25). The normalized spacial score (nSPS) is 16.7. The van der Waals surface area contributed by atoms with E-state index in [2.05, 4.69) is 22.4 Å². The van der Waals surface area contributed by atoms with Crippen LogP contribution in [0.15, 0.2) is 48.8 Å². The maximum Gasteiger partial charge on any atom is 0.223 e. The van der Waals surface area contributed by atoms with Gasteiger partial charge in [0.05, 0.1) is 0 Å². The summed E-state index contributed by atoms with van der Waals surface area (Å²) in [6, 6.07) is 12.1. The van der Waals surface area contributed by atoms with Crippen molar-refractivity contribution in [1.82, 2.24) is 15.2 Å². The van der Waals surface area contributed by atoms with Crippen molar-refractivity contribution in [1.29, 1.82) is 0 Å². The van der Waals surface area contributed by atoms with Crippen LogP contribution in [-0.4, -0.2) is 34.3 Å². The number of aromatic nitrogens is 1. The number of nitrogens with zero attached hydrogens (tertiary/aromatic N) is 2. The van der Waals surface area contributed by atoms with E-state index < -0.39 is 0 Å². The quantitative estimate of drug-likeness (QED) is 0.834. The van der Waals surface area contributed by atoms with Crippen LogP contribution in [0.5, 0.6) is 0 Å². The van der Waals surface area contributed by atoms with Crippen LogP contribution in [0.4, 0.5) is 0 Å². The number of likely N-dealkylation sites (tertiary alicyclic amines) is 1. The molecule has 0 spiro atoms. The third kappa shape index (κ3) is 4.91. The lowest BCUT2D eigenvalue weighted by molar-refractivity contribution is -0.130. The Bertz CT molecular complexity index is 744. The first kappa shape index (κ1) is 18.1. The molecule has 0 saturated carbocycles. The van der Waals surface area contributed by atoms with Crippen molar-refractivity contribution in [2.45, 2.75) is 45.2 Å². The van der Waals surface area contributed by atoms with E-state index in [-0.39, 0.29) is 17.9 Å². The topological polar surface area (TPSA) is 62.3 Å². The van der Waals surface area contributed by atoms with Crippen LogP contribution >= 0.6 is 0 Å². The molecule has 0 aliphatic carbocycles. The Kier molecular flexibility index (Phi) is 6.00. The van der Waals surface area contributed by atoms with E-state index >= 15 is 0 Å². The number of benzene rings is 1. The number of pyridine rings is 1. The zero-order valence-electron chi connectivity index (χ0n) is 15.1. The number of amides is 2. The fourth-order valence-electron chi connectivity index (χ4n) is 3.29. The predicted molar refractivity (Wildman–Crippen MR) is 100 cm³/mol. The third-order valence-electron chi connectivity index (χ3n) is 4.81. The molecule has 1 unspecified atom stereocenters. The largest absolute Gasteiger partial charge is 0.356 e. The monoisotopic (exact) mass is 351 g/mol. The van der Waals surface area contributed by atoms with Crippen molar-refractivity contribution in [2.75, 3.05) is 6.54 Å². The lowest BCUT2D eigenvalue weighted by Gasteiger charge is -2.24. The van der Waals surface area contributed by atoms with Crippen molar-refractivity contribution in [3.8, 4) is 0 Å². The minimum absolute atomic E-state index is 0.00231. The summed E-state index contributed by atoms with van der Waals surface area (Å²) in [5.74, 6) is 0.140. The molecule has 5 heteroatoms. The number of carbonyl (C=O) groups excluding carboxylic acids is 2. The minimum Gasteiger partial charge on any atom is -0.356 e. The Balaban J connectivity index is 1.49. The Morgan fingerprint density at radius 2 is 2.04 bits per heavy atom. The maximum atomic E-state index is 12.3. The number of nitrogens with one attached hydrogen (secondary N) is 1. The number of carbonyl (C=O) groups is 2. The fourth-order valence-corrected chi connectivity index (χ4v) is 3.29. The van der Waals surface area contributed by atoms with Gasteiger partial charge in [0.1, 0.15) is 0 Å². The molecule has 2 heterocycles. The molecule has 1 aliphatic rings. The second-order valence-electron chi connectivity index (χ2n) is 6.87. The van der Waals surface area contributed by atoms with Gasteiger partial charge in [0.15, 0.2) is 0 Å². The van der Waals surface area contributed by atoms with E-state index in [4.69, 9.17) is 0 Å². The molecule has 0 bridgehead atoms. The molecule has 2 aromatic rings. The molecule has 3 rings (SSSR count). The first-order valence-electron chi connectivity index (χ1n) is 9.12. The summed E-state index contributed by atoms with van der Waals surface area (Å²) in [5, 5.41) is 2.96. The number of hydrogen-bond acceptors (Lipinski definition) is 3. The van der Waals surface area contributed by atoms with Crippen LogP contribution in [0, 0.1) is 6.92 Å². The minimum atomic E-state index is -0.0119. The third-order valence-corrected chi connectivity index (χ3v) is 4.81. The van der Waals surface area contributed by atoms with Crippen LogP contribution in [0.2, 0.25) is 0 Å². The summed E-state index contributed by atoms with van der Waals surface area (Å²) in [6.07, 6.45) is 5.95. The molecular formula is C21H25N3O2. The van der Waals surface area contributed by atoms with E-state index in [0.717, 1.165) is 24.0 Å². The van der Waals surface area contributed by atoms with Crippen LogP contribution in [0.25, 0.3) is 0 Å². The zero-order valence-corrected chi connectivity index (χ0v) is 15.1. The van der Waals surface area contributed by atoms with E-state index in [9.17, 15) is 9.59 Å². The van der Waals surface area contributed by atoms with Gasteiger partial charge in [0.2, 0.25) is 11.8 Å². The van der Waals surface area contributed by atoms with Crippen LogP contribution in [-0.2, 0) is 22.6 Å². The number of rotatable bonds is 7. The SMILES string of the molecule is Cc1ccc(CN2C(=O)CCC2CC(=O)NCCc2cccnc2)cc1. The molecule has 0 radical (unpaired) electrons. The number of aryl methyl sites for hydroxylation is 1. The van der Waals surface area contributed by atoms with Gasteiger partial charge in [-0.1, -0.05) is 35.9 Å². The van der Waals surface area contributed by atoms with Gasteiger partial charge in [0.25, 0.3) is 0 Å². The molecule has 1 aromatic heterocycles. The molecule has 1 atom stereocenters. The second-order valence-corrected chi connectivity index (χ2v) is 6.87. The lowest BCUT2D eigenvalue weighted by atomic mass is 10.1. The van der Waals surface area contributed by atoms with Gasteiger partial charge in [-0.15, -0.1) is 0 Å². The molecule has 1 aliphatic heterocycles. The first-order chi connectivity index (χ1) is 12.6. The van der Waals surface area contributed by atoms with Crippen molar-refractivity contribution in [3.05, 3.63) is 65.5 Å². The highest BCUT2D eigenvalue weighted by Gasteiger charge is 2.32. The van der Waals surface area contributed by atoms with Crippen molar-refractivity contribution >= 4 is 11.8 Å². The molecule has 1 aromatic carbocycles. The van der Waals surface area contributed by atoms with Gasteiger partial charge < -0.3 is 10.2 Å². The molecule has 136 valence electrons. The highest BCUT2D eigenvalue weighted by molar-refractivity contribution is 5.82. The Morgan fingerprint density at radius 1 is 1.23 bits per heavy atom. The highest BCUT2D eigenvalue weighted by atomic mass is 16.2. The van der Waals surface area contributed by atoms with E-state index in [1.165, 1.54) is 5.56 Å². The average molecular weight is 351 g/mol. The fraction of sp³-hybridized carbons (Fsp3) is 0.381. The highest BCUT2D eigenvalue weighted by Crippen LogP contribution is 2.24. The molecule has 26 heavy (non-hydrogen) atoms. The Morgan fingerprint density at radius 3 is 2.77 bits per heavy atom. The summed E-state index contributed by atoms with van der Waals surface area (Å²) >= 11 is 0. The van der Waals surface area contributed by atoms with Gasteiger partial charge in [-0.05, 0) is 37.0 Å². The predicted octanol–water partition coefficient (Wildman–Crippen LogP) is 2.63. The van der Waals surface area contributed by atoms with Gasteiger partial charge in [-0.3, -0.25) is 14.6 Å². The molecule has 5 nitrogen and oxygen atoms in total. The van der Waals surface area contributed by atoms with Crippen molar-refractivity contribution in [2.24, 2.45) is 0 Å². The van der Waals surface area contributed by atoms with Crippen LogP contribution < -0.4 is 5.32 Å². The summed E-state index contributed by atoms with van der Waals surface area (Å²) in [7, 11) is 0. The molecular weight excluding hydrogens is 326 g/mol. The van der Waals surface area contributed by atoms with Gasteiger partial charge >= 0.3 is 0 Å². The zero-order chi connectivity index (χ0) is 18.4. The summed E-state index contributed by atoms with van der Waals surface area (Å²) in [5.41, 5.74) is 3.41. The van der Waals surface area contributed by atoms with Gasteiger partial charge in [-0.25, -0.2) is 0 Å².